The highest BCUT2D eigenvalue weighted by Gasteiger charge is 2.29. The lowest BCUT2D eigenvalue weighted by molar-refractivity contribution is 0.0939. The van der Waals surface area contributed by atoms with Crippen LogP contribution in [0.2, 0.25) is 0 Å². The monoisotopic (exact) mass is 290 g/mol. The molecular formula is C16H26N4O. The first kappa shape index (κ1) is 15.8. The summed E-state index contributed by atoms with van der Waals surface area (Å²) in [7, 11) is 2.13. The number of pyridine rings is 1. The molecule has 5 nitrogen and oxygen atoms in total. The molecule has 0 saturated heterocycles. The highest BCUT2D eigenvalue weighted by molar-refractivity contribution is 5.94. The second-order valence-electron chi connectivity index (χ2n) is 5.81. The summed E-state index contributed by atoms with van der Waals surface area (Å²) >= 11 is 0. The Morgan fingerprint density at radius 2 is 2.24 bits per heavy atom. The topological polar surface area (TPSA) is 57.3 Å². The Hall–Kier alpha value is -1.62. The van der Waals surface area contributed by atoms with E-state index < -0.39 is 0 Å². The number of rotatable bonds is 8. The van der Waals surface area contributed by atoms with E-state index in [4.69, 9.17) is 0 Å². The summed E-state index contributed by atoms with van der Waals surface area (Å²) in [6.45, 7) is 5.81. The molecule has 0 bridgehead atoms. The summed E-state index contributed by atoms with van der Waals surface area (Å²) in [5.74, 6) is 0.760. The van der Waals surface area contributed by atoms with Gasteiger partial charge in [-0.15, -0.1) is 0 Å². The SMILES string of the molecule is CCCNc1ccc(C(=O)NCC(C)N(C)C2CC2)cn1. The third kappa shape index (κ3) is 4.70. The number of carbonyl (C=O) groups excluding carboxylic acids is 1. The first-order valence-corrected chi connectivity index (χ1v) is 7.82. The number of hydrogen-bond donors (Lipinski definition) is 2. The number of nitrogens with zero attached hydrogens (tertiary/aromatic N) is 2. The van der Waals surface area contributed by atoms with Gasteiger partial charge in [-0.1, -0.05) is 6.92 Å². The average molecular weight is 290 g/mol. The van der Waals surface area contributed by atoms with Gasteiger partial charge in [0.05, 0.1) is 5.56 Å². The molecule has 116 valence electrons. The van der Waals surface area contributed by atoms with Gasteiger partial charge >= 0.3 is 0 Å². The molecule has 0 aliphatic heterocycles. The highest BCUT2D eigenvalue weighted by Crippen LogP contribution is 2.26. The van der Waals surface area contributed by atoms with Gasteiger partial charge in [0, 0.05) is 31.4 Å². The van der Waals surface area contributed by atoms with E-state index >= 15 is 0 Å². The van der Waals surface area contributed by atoms with Gasteiger partial charge in [-0.25, -0.2) is 4.98 Å². The molecule has 2 rings (SSSR count). The molecule has 0 spiro atoms. The van der Waals surface area contributed by atoms with Gasteiger partial charge < -0.3 is 10.6 Å². The first-order valence-electron chi connectivity index (χ1n) is 7.82. The molecule has 1 aliphatic rings. The molecule has 1 aromatic rings. The zero-order valence-electron chi connectivity index (χ0n) is 13.2. The van der Waals surface area contributed by atoms with Crippen LogP contribution in [0.15, 0.2) is 18.3 Å². The van der Waals surface area contributed by atoms with E-state index in [9.17, 15) is 4.79 Å². The van der Waals surface area contributed by atoms with Crippen LogP contribution in [0.1, 0.15) is 43.5 Å². The van der Waals surface area contributed by atoms with Crippen LogP contribution in [-0.2, 0) is 0 Å². The predicted octanol–water partition coefficient (Wildman–Crippen LogP) is 2.12. The number of anilines is 1. The van der Waals surface area contributed by atoms with Gasteiger partial charge in [-0.3, -0.25) is 9.69 Å². The van der Waals surface area contributed by atoms with Crippen molar-refractivity contribution in [2.24, 2.45) is 0 Å². The van der Waals surface area contributed by atoms with Crippen molar-refractivity contribution in [2.45, 2.75) is 45.2 Å². The Morgan fingerprint density at radius 1 is 1.48 bits per heavy atom. The average Bonchev–Trinajstić information content (AvgIpc) is 3.34. The fraction of sp³-hybridized carbons (Fsp3) is 0.625. The summed E-state index contributed by atoms with van der Waals surface area (Å²) in [5.41, 5.74) is 0.610. The van der Waals surface area contributed by atoms with Crippen molar-refractivity contribution in [1.82, 2.24) is 15.2 Å². The Labute approximate surface area is 127 Å². The van der Waals surface area contributed by atoms with Crippen LogP contribution in [0.4, 0.5) is 5.82 Å². The van der Waals surface area contributed by atoms with Crippen LogP contribution in [0.3, 0.4) is 0 Å². The summed E-state index contributed by atoms with van der Waals surface area (Å²) < 4.78 is 0. The van der Waals surface area contributed by atoms with Gasteiger partial charge in [-0.2, -0.15) is 0 Å². The molecule has 1 saturated carbocycles. The van der Waals surface area contributed by atoms with Gasteiger partial charge in [0.15, 0.2) is 0 Å². The van der Waals surface area contributed by atoms with Crippen LogP contribution in [0.25, 0.3) is 0 Å². The molecule has 1 amide bonds. The maximum Gasteiger partial charge on any atom is 0.252 e. The lowest BCUT2D eigenvalue weighted by Gasteiger charge is -2.24. The Morgan fingerprint density at radius 3 is 2.81 bits per heavy atom. The minimum absolute atomic E-state index is 0.0550. The standard InChI is InChI=1S/C16H26N4O/c1-4-9-17-15-8-5-13(11-18-15)16(21)19-10-12(2)20(3)14-6-7-14/h5,8,11-12,14H,4,6-7,9-10H2,1-3H3,(H,17,18)(H,19,21). The molecular weight excluding hydrogens is 264 g/mol. The number of hydrogen-bond acceptors (Lipinski definition) is 4. The quantitative estimate of drug-likeness (QED) is 0.770. The van der Waals surface area contributed by atoms with E-state index in [1.54, 1.807) is 6.20 Å². The summed E-state index contributed by atoms with van der Waals surface area (Å²) in [5, 5.41) is 6.18. The van der Waals surface area contributed by atoms with Crippen LogP contribution in [-0.4, -0.2) is 48.0 Å². The Balaban J connectivity index is 1.79. The second kappa shape index (κ2) is 7.41. The lowest BCUT2D eigenvalue weighted by atomic mass is 10.2. The zero-order valence-corrected chi connectivity index (χ0v) is 13.2. The maximum absolute atomic E-state index is 12.1. The number of likely N-dealkylation sites (N-methyl/N-ethyl adjacent to an activating group) is 1. The maximum atomic E-state index is 12.1. The van der Waals surface area contributed by atoms with Gasteiger partial charge in [0.2, 0.25) is 0 Å². The van der Waals surface area contributed by atoms with Gasteiger partial charge in [0.25, 0.3) is 5.91 Å². The molecule has 1 fully saturated rings. The largest absolute Gasteiger partial charge is 0.370 e. The van der Waals surface area contributed by atoms with Crippen molar-refractivity contribution >= 4 is 11.7 Å². The molecule has 1 aromatic heterocycles. The third-order valence-corrected chi connectivity index (χ3v) is 3.96. The summed E-state index contributed by atoms with van der Waals surface area (Å²) in [6.07, 6.45) is 5.24. The third-order valence-electron chi connectivity index (χ3n) is 3.96. The van der Waals surface area contributed by atoms with Crippen molar-refractivity contribution in [3.05, 3.63) is 23.9 Å². The predicted molar refractivity (Wildman–Crippen MR) is 85.6 cm³/mol. The van der Waals surface area contributed by atoms with Crippen molar-refractivity contribution in [3.63, 3.8) is 0 Å². The molecule has 1 atom stereocenters. The molecule has 1 heterocycles. The minimum atomic E-state index is -0.0550. The zero-order chi connectivity index (χ0) is 15.2. The minimum Gasteiger partial charge on any atom is -0.370 e. The smallest absolute Gasteiger partial charge is 0.252 e. The Kier molecular flexibility index (Phi) is 5.56. The molecule has 1 aliphatic carbocycles. The van der Waals surface area contributed by atoms with E-state index in [0.717, 1.165) is 18.8 Å². The Bertz CT molecular complexity index is 456. The first-order chi connectivity index (χ1) is 10.1. The number of aromatic nitrogens is 1. The fourth-order valence-electron chi connectivity index (χ4n) is 2.21. The fourth-order valence-corrected chi connectivity index (χ4v) is 2.21. The summed E-state index contributed by atoms with van der Waals surface area (Å²) in [6, 6.07) is 4.74. The number of nitrogens with one attached hydrogen (secondary N) is 2. The van der Waals surface area contributed by atoms with Crippen LogP contribution in [0.5, 0.6) is 0 Å². The van der Waals surface area contributed by atoms with Crippen molar-refractivity contribution in [3.8, 4) is 0 Å². The van der Waals surface area contributed by atoms with Crippen LogP contribution < -0.4 is 10.6 Å². The molecule has 2 N–H and O–H groups in total. The molecule has 0 radical (unpaired) electrons. The molecule has 0 aromatic carbocycles. The lowest BCUT2D eigenvalue weighted by Crippen LogP contribution is -2.41. The van der Waals surface area contributed by atoms with E-state index in [0.29, 0.717) is 24.2 Å². The molecule has 5 heteroatoms. The summed E-state index contributed by atoms with van der Waals surface area (Å²) in [4.78, 5) is 18.7. The van der Waals surface area contributed by atoms with Crippen molar-refractivity contribution < 1.29 is 4.79 Å². The van der Waals surface area contributed by atoms with E-state index in [1.807, 2.05) is 12.1 Å². The number of carbonyl (C=O) groups is 1. The van der Waals surface area contributed by atoms with E-state index in [1.165, 1.54) is 12.8 Å². The van der Waals surface area contributed by atoms with Crippen molar-refractivity contribution in [2.75, 3.05) is 25.5 Å². The van der Waals surface area contributed by atoms with E-state index in [-0.39, 0.29) is 5.91 Å². The van der Waals surface area contributed by atoms with Crippen molar-refractivity contribution in [1.29, 1.82) is 0 Å². The molecule has 21 heavy (non-hydrogen) atoms. The normalized spacial score (nSPS) is 15.8. The van der Waals surface area contributed by atoms with Gasteiger partial charge in [-0.05, 0) is 45.4 Å². The van der Waals surface area contributed by atoms with Crippen LogP contribution in [0, 0.1) is 0 Å². The molecule has 1 unspecified atom stereocenters. The van der Waals surface area contributed by atoms with Crippen LogP contribution >= 0.6 is 0 Å². The van der Waals surface area contributed by atoms with Gasteiger partial charge in [0.1, 0.15) is 5.82 Å². The van der Waals surface area contributed by atoms with E-state index in [2.05, 4.69) is 41.4 Å². The number of amides is 1. The second-order valence-corrected chi connectivity index (χ2v) is 5.81. The highest BCUT2D eigenvalue weighted by atomic mass is 16.1.